The predicted molar refractivity (Wildman–Crippen MR) is 85.4 cm³/mol. The number of anilines is 3. The summed E-state index contributed by atoms with van der Waals surface area (Å²) in [6.07, 6.45) is 1.73. The Morgan fingerprint density at radius 2 is 1.85 bits per heavy atom. The molecule has 1 heterocycles. The number of hydrogen-bond acceptors (Lipinski definition) is 3. The number of benzene rings is 2. The molecule has 0 aliphatic carbocycles. The second-order valence-corrected chi connectivity index (χ2v) is 4.98. The van der Waals surface area contributed by atoms with E-state index in [-0.39, 0.29) is 0 Å². The van der Waals surface area contributed by atoms with Gasteiger partial charge in [-0.05, 0) is 30.7 Å². The van der Waals surface area contributed by atoms with Gasteiger partial charge in [-0.2, -0.15) is 0 Å². The number of nitrogens with two attached hydrogens (primary N) is 1. The van der Waals surface area contributed by atoms with Gasteiger partial charge in [0.15, 0.2) is 0 Å². The van der Waals surface area contributed by atoms with Crippen LogP contribution in [0, 0.1) is 6.92 Å². The molecule has 0 spiro atoms. The second-order valence-electron chi connectivity index (χ2n) is 4.98. The van der Waals surface area contributed by atoms with Crippen LogP contribution in [0.1, 0.15) is 5.56 Å². The number of para-hydroxylation sites is 1. The topological polar surface area (TPSA) is 42.1 Å². The lowest BCUT2D eigenvalue weighted by Gasteiger charge is -2.23. The highest BCUT2D eigenvalue weighted by atomic mass is 15.1. The molecular formula is C17H17N3. The zero-order valence-electron chi connectivity index (χ0n) is 11.7. The zero-order chi connectivity index (χ0) is 14.1. The van der Waals surface area contributed by atoms with E-state index in [1.54, 1.807) is 6.20 Å². The first-order chi connectivity index (χ1) is 9.66. The van der Waals surface area contributed by atoms with E-state index in [0.29, 0.717) is 5.69 Å². The summed E-state index contributed by atoms with van der Waals surface area (Å²) in [5, 5.41) is 1.07. The fourth-order valence-electron chi connectivity index (χ4n) is 2.48. The lowest BCUT2D eigenvalue weighted by Crippen LogP contribution is -2.12. The number of fused-ring (bicyclic) bond motifs is 1. The van der Waals surface area contributed by atoms with Gasteiger partial charge in [0.05, 0.1) is 23.1 Å². The van der Waals surface area contributed by atoms with Crippen LogP contribution < -0.4 is 10.6 Å². The van der Waals surface area contributed by atoms with Crippen molar-refractivity contribution in [1.82, 2.24) is 4.98 Å². The fraction of sp³-hybridized carbons (Fsp3) is 0.118. The zero-order valence-corrected chi connectivity index (χ0v) is 11.7. The van der Waals surface area contributed by atoms with Crippen molar-refractivity contribution in [3.05, 3.63) is 60.3 Å². The van der Waals surface area contributed by atoms with Gasteiger partial charge in [0.25, 0.3) is 0 Å². The highest BCUT2D eigenvalue weighted by Crippen LogP contribution is 2.35. The van der Waals surface area contributed by atoms with E-state index >= 15 is 0 Å². The summed E-state index contributed by atoms with van der Waals surface area (Å²) >= 11 is 0. The van der Waals surface area contributed by atoms with Crippen molar-refractivity contribution in [2.75, 3.05) is 17.7 Å². The third-order valence-corrected chi connectivity index (χ3v) is 3.50. The minimum atomic E-state index is 0.688. The van der Waals surface area contributed by atoms with E-state index in [2.05, 4.69) is 47.1 Å². The average Bonchev–Trinajstić information content (AvgIpc) is 2.46. The molecule has 3 rings (SSSR count). The smallest absolute Gasteiger partial charge is 0.0753 e. The molecular weight excluding hydrogens is 246 g/mol. The first kappa shape index (κ1) is 12.5. The molecule has 0 saturated heterocycles. The number of nitrogens with zero attached hydrogens (tertiary/aromatic N) is 2. The van der Waals surface area contributed by atoms with Crippen molar-refractivity contribution in [1.29, 1.82) is 0 Å². The molecule has 0 fully saturated rings. The molecule has 0 saturated carbocycles. The summed E-state index contributed by atoms with van der Waals surface area (Å²) in [6, 6.07) is 16.4. The Bertz CT molecular complexity index is 765. The Morgan fingerprint density at radius 1 is 1.05 bits per heavy atom. The third-order valence-electron chi connectivity index (χ3n) is 3.50. The lowest BCUT2D eigenvalue weighted by molar-refractivity contribution is 1.21. The van der Waals surface area contributed by atoms with Crippen molar-refractivity contribution in [2.24, 2.45) is 0 Å². The summed E-state index contributed by atoms with van der Waals surface area (Å²) in [7, 11) is 2.03. The number of hydrogen-bond donors (Lipinski definition) is 1. The summed E-state index contributed by atoms with van der Waals surface area (Å²) in [4.78, 5) is 6.50. The molecule has 0 bridgehead atoms. The van der Waals surface area contributed by atoms with Gasteiger partial charge in [-0.25, -0.2) is 0 Å². The lowest BCUT2D eigenvalue weighted by atomic mass is 10.1. The van der Waals surface area contributed by atoms with Gasteiger partial charge in [-0.1, -0.05) is 30.3 Å². The molecule has 0 unspecified atom stereocenters. The van der Waals surface area contributed by atoms with Crippen LogP contribution in [-0.2, 0) is 0 Å². The molecule has 0 radical (unpaired) electrons. The molecule has 2 aromatic carbocycles. The third kappa shape index (κ3) is 2.07. The normalized spacial score (nSPS) is 10.7. The standard InChI is InChI=1S/C17H17N3/c1-12-6-5-7-13(10-12)20(2)17-14-8-3-4-9-16(14)19-11-15(17)18/h3-11H,18H2,1-2H3. The number of aryl methyl sites for hydroxylation is 1. The minimum Gasteiger partial charge on any atom is -0.396 e. The molecule has 0 atom stereocenters. The summed E-state index contributed by atoms with van der Waals surface area (Å²) in [5.74, 6) is 0. The highest BCUT2D eigenvalue weighted by molar-refractivity contribution is 5.99. The highest BCUT2D eigenvalue weighted by Gasteiger charge is 2.12. The van der Waals surface area contributed by atoms with Crippen LogP contribution >= 0.6 is 0 Å². The summed E-state index contributed by atoms with van der Waals surface area (Å²) in [6.45, 7) is 2.09. The van der Waals surface area contributed by atoms with Crippen LogP contribution in [0.4, 0.5) is 17.1 Å². The first-order valence-corrected chi connectivity index (χ1v) is 6.60. The van der Waals surface area contributed by atoms with Gasteiger partial charge in [0.2, 0.25) is 0 Å². The predicted octanol–water partition coefficient (Wildman–Crippen LogP) is 3.89. The molecule has 3 nitrogen and oxygen atoms in total. The Kier molecular flexibility index (Phi) is 3.03. The minimum absolute atomic E-state index is 0.688. The van der Waals surface area contributed by atoms with E-state index in [0.717, 1.165) is 22.3 Å². The van der Waals surface area contributed by atoms with Gasteiger partial charge in [0, 0.05) is 18.1 Å². The first-order valence-electron chi connectivity index (χ1n) is 6.60. The van der Waals surface area contributed by atoms with Crippen LogP contribution in [0.2, 0.25) is 0 Å². The fourth-order valence-corrected chi connectivity index (χ4v) is 2.48. The quantitative estimate of drug-likeness (QED) is 0.762. The van der Waals surface area contributed by atoms with Crippen LogP contribution in [0.25, 0.3) is 10.9 Å². The van der Waals surface area contributed by atoms with Crippen LogP contribution in [-0.4, -0.2) is 12.0 Å². The number of nitrogen functional groups attached to an aromatic ring is 1. The maximum absolute atomic E-state index is 6.16. The molecule has 3 aromatic rings. The maximum Gasteiger partial charge on any atom is 0.0753 e. The number of rotatable bonds is 2. The largest absolute Gasteiger partial charge is 0.396 e. The van der Waals surface area contributed by atoms with E-state index in [4.69, 9.17) is 5.73 Å². The average molecular weight is 263 g/mol. The molecule has 2 N–H and O–H groups in total. The van der Waals surface area contributed by atoms with E-state index in [1.165, 1.54) is 5.56 Å². The molecule has 100 valence electrons. The number of pyridine rings is 1. The van der Waals surface area contributed by atoms with Crippen molar-refractivity contribution >= 4 is 28.0 Å². The van der Waals surface area contributed by atoms with Gasteiger partial charge in [-0.3, -0.25) is 4.98 Å². The van der Waals surface area contributed by atoms with Gasteiger partial charge in [0.1, 0.15) is 0 Å². The van der Waals surface area contributed by atoms with E-state index < -0.39 is 0 Å². The molecule has 0 amide bonds. The SMILES string of the molecule is Cc1cccc(N(C)c2c(N)cnc3ccccc23)c1. The van der Waals surface area contributed by atoms with Crippen molar-refractivity contribution in [3.8, 4) is 0 Å². The molecule has 3 heteroatoms. The number of aromatic nitrogens is 1. The Hall–Kier alpha value is -2.55. The van der Waals surface area contributed by atoms with Crippen LogP contribution in [0.5, 0.6) is 0 Å². The monoisotopic (exact) mass is 263 g/mol. The molecule has 20 heavy (non-hydrogen) atoms. The van der Waals surface area contributed by atoms with Crippen LogP contribution in [0.3, 0.4) is 0 Å². The van der Waals surface area contributed by atoms with Gasteiger partial charge in [-0.15, -0.1) is 0 Å². The molecule has 1 aromatic heterocycles. The van der Waals surface area contributed by atoms with Crippen molar-refractivity contribution in [2.45, 2.75) is 6.92 Å². The summed E-state index contributed by atoms with van der Waals surface area (Å²) in [5.41, 5.74) is 11.1. The van der Waals surface area contributed by atoms with Gasteiger partial charge >= 0.3 is 0 Å². The van der Waals surface area contributed by atoms with Crippen molar-refractivity contribution in [3.63, 3.8) is 0 Å². The Balaban J connectivity index is 2.21. The molecule has 0 aliphatic rings. The summed E-state index contributed by atoms with van der Waals surface area (Å²) < 4.78 is 0. The second kappa shape index (κ2) is 4.85. The maximum atomic E-state index is 6.16. The van der Waals surface area contributed by atoms with E-state index in [1.807, 2.05) is 25.2 Å². The Morgan fingerprint density at radius 3 is 2.65 bits per heavy atom. The molecule has 0 aliphatic heterocycles. The van der Waals surface area contributed by atoms with E-state index in [9.17, 15) is 0 Å². The van der Waals surface area contributed by atoms with Crippen molar-refractivity contribution < 1.29 is 0 Å². The van der Waals surface area contributed by atoms with Crippen LogP contribution in [0.15, 0.2) is 54.7 Å². The van der Waals surface area contributed by atoms with Gasteiger partial charge < -0.3 is 10.6 Å². The Labute approximate surface area is 118 Å².